The second-order valence-electron chi connectivity index (χ2n) is 9.47. The number of aromatic nitrogens is 1. The van der Waals surface area contributed by atoms with E-state index in [4.69, 9.17) is 5.10 Å². The Hall–Kier alpha value is -3.25. The first-order valence-corrected chi connectivity index (χ1v) is 12.1. The van der Waals surface area contributed by atoms with Crippen LogP contribution in [0.1, 0.15) is 42.1 Å². The number of hydrazone groups is 1. The van der Waals surface area contributed by atoms with E-state index in [1.807, 2.05) is 29.9 Å². The van der Waals surface area contributed by atoms with Crippen LogP contribution in [0.4, 0.5) is 4.39 Å². The maximum atomic E-state index is 13.4. The summed E-state index contributed by atoms with van der Waals surface area (Å²) in [6, 6.07) is 20.9. The lowest BCUT2D eigenvalue weighted by molar-refractivity contribution is -0.134. The standard InChI is InChI=1S/C28H31FN4O/c1-31-15-5-8-26(31)27-19-25(23-9-11-24(29)12-10-23)30-33(27)28(34)20-32-16-13-22(14-17-32)18-21-6-3-2-4-7-21/h2-12,15,22,27H,13-14,16-20H2,1H3/t27-/m1/s1. The van der Waals surface area contributed by atoms with Gasteiger partial charge in [-0.25, -0.2) is 9.40 Å². The van der Waals surface area contributed by atoms with Crippen LogP contribution in [-0.2, 0) is 18.3 Å². The Kier molecular flexibility index (Phi) is 6.59. The molecule has 176 valence electrons. The van der Waals surface area contributed by atoms with Crippen molar-refractivity contribution < 1.29 is 9.18 Å². The minimum absolute atomic E-state index is 0.0184. The molecule has 0 unspecified atom stereocenters. The van der Waals surface area contributed by atoms with Gasteiger partial charge in [-0.2, -0.15) is 5.10 Å². The van der Waals surface area contributed by atoms with E-state index in [9.17, 15) is 9.18 Å². The number of piperidine rings is 1. The Labute approximate surface area is 200 Å². The number of hydrogen-bond donors (Lipinski definition) is 0. The van der Waals surface area contributed by atoms with Crippen LogP contribution >= 0.6 is 0 Å². The Morgan fingerprint density at radius 2 is 1.74 bits per heavy atom. The molecule has 5 nitrogen and oxygen atoms in total. The van der Waals surface area contributed by atoms with Gasteiger partial charge in [0.1, 0.15) is 11.9 Å². The lowest BCUT2D eigenvalue weighted by Gasteiger charge is -2.33. The Morgan fingerprint density at radius 3 is 2.41 bits per heavy atom. The van der Waals surface area contributed by atoms with Gasteiger partial charge in [0.2, 0.25) is 0 Å². The van der Waals surface area contributed by atoms with Gasteiger partial charge in [-0.05, 0) is 73.7 Å². The van der Waals surface area contributed by atoms with E-state index in [-0.39, 0.29) is 17.8 Å². The molecular formula is C28H31FN4O. The van der Waals surface area contributed by atoms with Crippen molar-refractivity contribution in [3.8, 4) is 0 Å². The van der Waals surface area contributed by atoms with E-state index in [1.165, 1.54) is 17.7 Å². The average molecular weight is 459 g/mol. The van der Waals surface area contributed by atoms with Crippen LogP contribution in [0.25, 0.3) is 0 Å². The maximum absolute atomic E-state index is 13.4. The van der Waals surface area contributed by atoms with Gasteiger partial charge in [0.15, 0.2) is 0 Å². The molecule has 34 heavy (non-hydrogen) atoms. The molecule has 1 fully saturated rings. The van der Waals surface area contributed by atoms with Crippen molar-refractivity contribution in [3.63, 3.8) is 0 Å². The SMILES string of the molecule is Cn1cccc1[C@H]1CC(c2ccc(F)cc2)=NN1C(=O)CN1CCC(Cc2ccccc2)CC1. The summed E-state index contributed by atoms with van der Waals surface area (Å²) in [4.78, 5) is 15.7. The van der Waals surface area contributed by atoms with Crippen molar-refractivity contribution in [1.29, 1.82) is 0 Å². The van der Waals surface area contributed by atoms with Crippen LogP contribution in [-0.4, -0.2) is 45.7 Å². The largest absolute Gasteiger partial charge is 0.353 e. The van der Waals surface area contributed by atoms with Gasteiger partial charge in [0, 0.05) is 25.4 Å². The predicted molar refractivity (Wildman–Crippen MR) is 132 cm³/mol. The first-order chi connectivity index (χ1) is 16.6. The third-order valence-electron chi connectivity index (χ3n) is 7.10. The molecule has 5 rings (SSSR count). The van der Waals surface area contributed by atoms with Gasteiger partial charge < -0.3 is 4.57 Å². The summed E-state index contributed by atoms with van der Waals surface area (Å²) in [5, 5.41) is 6.40. The number of likely N-dealkylation sites (tertiary alicyclic amines) is 1. The zero-order valence-corrected chi connectivity index (χ0v) is 19.6. The highest BCUT2D eigenvalue weighted by molar-refractivity contribution is 6.03. The molecule has 6 heteroatoms. The van der Waals surface area contributed by atoms with Crippen molar-refractivity contribution in [2.75, 3.05) is 19.6 Å². The molecule has 2 aliphatic rings. The number of benzene rings is 2. The molecule has 0 radical (unpaired) electrons. The molecule has 0 bridgehead atoms. The van der Waals surface area contributed by atoms with Gasteiger partial charge in [0.05, 0.1) is 12.3 Å². The predicted octanol–water partition coefficient (Wildman–Crippen LogP) is 4.80. The van der Waals surface area contributed by atoms with Crippen LogP contribution in [0.3, 0.4) is 0 Å². The van der Waals surface area contributed by atoms with E-state index in [0.29, 0.717) is 18.9 Å². The second kappa shape index (κ2) is 9.94. The smallest absolute Gasteiger partial charge is 0.257 e. The number of amides is 1. The number of carbonyl (C=O) groups is 1. The highest BCUT2D eigenvalue weighted by Crippen LogP contribution is 2.33. The Morgan fingerprint density at radius 1 is 1.00 bits per heavy atom. The molecule has 2 aromatic carbocycles. The quantitative estimate of drug-likeness (QED) is 0.533. The monoisotopic (exact) mass is 458 g/mol. The van der Waals surface area contributed by atoms with E-state index in [2.05, 4.69) is 35.2 Å². The number of aryl methyl sites for hydroxylation is 1. The average Bonchev–Trinajstić information content (AvgIpc) is 3.48. The summed E-state index contributed by atoms with van der Waals surface area (Å²) in [5.41, 5.74) is 4.12. The molecule has 3 heterocycles. The lowest BCUT2D eigenvalue weighted by atomic mass is 9.90. The van der Waals surface area contributed by atoms with Gasteiger partial charge in [-0.3, -0.25) is 9.69 Å². The van der Waals surface area contributed by atoms with E-state index >= 15 is 0 Å². The third kappa shape index (κ3) is 4.97. The second-order valence-corrected chi connectivity index (χ2v) is 9.47. The van der Waals surface area contributed by atoms with Crippen molar-refractivity contribution in [1.82, 2.24) is 14.5 Å². The zero-order chi connectivity index (χ0) is 23.5. The van der Waals surface area contributed by atoms with Crippen molar-refractivity contribution >= 4 is 11.6 Å². The number of rotatable bonds is 6. The van der Waals surface area contributed by atoms with Gasteiger partial charge in [0.25, 0.3) is 5.91 Å². The normalized spacial score (nSPS) is 19.4. The van der Waals surface area contributed by atoms with E-state index < -0.39 is 0 Å². The summed E-state index contributed by atoms with van der Waals surface area (Å²) in [6.07, 6.45) is 5.93. The fourth-order valence-electron chi connectivity index (χ4n) is 5.17. The number of nitrogens with zero attached hydrogens (tertiary/aromatic N) is 4. The van der Waals surface area contributed by atoms with Crippen molar-refractivity contribution in [2.24, 2.45) is 18.1 Å². The molecule has 0 spiro atoms. The van der Waals surface area contributed by atoms with Crippen LogP contribution in [0, 0.1) is 11.7 Å². The molecule has 1 aromatic heterocycles. The third-order valence-corrected chi connectivity index (χ3v) is 7.10. The first kappa shape index (κ1) is 22.5. The van der Waals surface area contributed by atoms with Crippen LogP contribution in [0.5, 0.6) is 0 Å². The van der Waals surface area contributed by atoms with Crippen LogP contribution < -0.4 is 0 Å². The molecule has 2 aliphatic heterocycles. The lowest BCUT2D eigenvalue weighted by Crippen LogP contribution is -2.42. The van der Waals surface area contributed by atoms with E-state index in [1.54, 1.807) is 17.1 Å². The van der Waals surface area contributed by atoms with Gasteiger partial charge in [-0.1, -0.05) is 42.5 Å². The molecule has 0 N–H and O–H groups in total. The fraction of sp³-hybridized carbons (Fsp3) is 0.357. The zero-order valence-electron chi connectivity index (χ0n) is 19.6. The van der Waals surface area contributed by atoms with Crippen molar-refractivity contribution in [2.45, 2.75) is 31.7 Å². The summed E-state index contributed by atoms with van der Waals surface area (Å²) < 4.78 is 15.5. The minimum Gasteiger partial charge on any atom is -0.353 e. The Balaban J connectivity index is 1.26. The van der Waals surface area contributed by atoms with Crippen LogP contribution in [0.2, 0.25) is 0 Å². The highest BCUT2D eigenvalue weighted by Gasteiger charge is 2.35. The molecule has 0 saturated carbocycles. The molecule has 1 saturated heterocycles. The molecule has 1 amide bonds. The number of hydrogen-bond acceptors (Lipinski definition) is 3. The molecule has 0 aliphatic carbocycles. The van der Waals surface area contributed by atoms with Crippen molar-refractivity contribution in [3.05, 3.63) is 95.6 Å². The summed E-state index contributed by atoms with van der Waals surface area (Å²) >= 11 is 0. The topological polar surface area (TPSA) is 40.8 Å². The maximum Gasteiger partial charge on any atom is 0.257 e. The summed E-state index contributed by atoms with van der Waals surface area (Å²) in [7, 11) is 1.99. The number of carbonyl (C=O) groups excluding carboxylic acids is 1. The van der Waals surface area contributed by atoms with Crippen LogP contribution in [0.15, 0.2) is 78.0 Å². The fourth-order valence-corrected chi connectivity index (χ4v) is 5.17. The summed E-state index contributed by atoms with van der Waals surface area (Å²) in [5.74, 6) is 0.412. The summed E-state index contributed by atoms with van der Waals surface area (Å²) in [6.45, 7) is 2.24. The van der Waals surface area contributed by atoms with E-state index in [0.717, 1.165) is 49.3 Å². The number of halogens is 1. The molecular weight excluding hydrogens is 427 g/mol. The Bertz CT molecular complexity index is 1150. The first-order valence-electron chi connectivity index (χ1n) is 12.1. The molecule has 3 aromatic rings. The highest BCUT2D eigenvalue weighted by atomic mass is 19.1. The minimum atomic E-state index is -0.273. The van der Waals surface area contributed by atoms with Gasteiger partial charge >= 0.3 is 0 Å². The van der Waals surface area contributed by atoms with Gasteiger partial charge in [-0.15, -0.1) is 0 Å². The molecule has 1 atom stereocenters.